The second-order valence-corrected chi connectivity index (χ2v) is 6.89. The molecule has 1 heterocycles. The zero-order chi connectivity index (χ0) is 21.1. The van der Waals surface area contributed by atoms with Gasteiger partial charge in [-0.1, -0.05) is 29.8 Å². The summed E-state index contributed by atoms with van der Waals surface area (Å²) in [6, 6.07) is 11.2. The smallest absolute Gasteiger partial charge is 0.379 e. The molecule has 6 heteroatoms. The Bertz CT molecular complexity index is 1120. The fourth-order valence-corrected chi connectivity index (χ4v) is 3.33. The summed E-state index contributed by atoms with van der Waals surface area (Å²) in [6.07, 6.45) is 2.48. The second kappa shape index (κ2) is 8.22. The maximum atomic E-state index is 11.9. The molecule has 0 bridgehead atoms. The molecule has 3 rings (SSSR count). The van der Waals surface area contributed by atoms with E-state index in [-0.39, 0.29) is 17.9 Å². The van der Waals surface area contributed by atoms with E-state index < -0.39 is 17.5 Å². The highest BCUT2D eigenvalue weighted by Crippen LogP contribution is 2.33. The predicted octanol–water partition coefficient (Wildman–Crippen LogP) is 4.04. The molecule has 0 aliphatic carbocycles. The van der Waals surface area contributed by atoms with Crippen LogP contribution in [0.4, 0.5) is 0 Å². The summed E-state index contributed by atoms with van der Waals surface area (Å²) in [7, 11) is 0. The molecule has 150 valence electrons. The van der Waals surface area contributed by atoms with Crippen molar-refractivity contribution in [2.75, 3.05) is 6.61 Å². The van der Waals surface area contributed by atoms with Gasteiger partial charge in [0.2, 0.25) is 0 Å². The molecule has 0 radical (unpaired) electrons. The van der Waals surface area contributed by atoms with Crippen LogP contribution in [-0.4, -0.2) is 33.1 Å². The molecular weight excluding hydrogens is 370 g/mol. The normalized spacial score (nSPS) is 11.6. The number of benzene rings is 2. The van der Waals surface area contributed by atoms with Crippen LogP contribution in [0.25, 0.3) is 16.7 Å². The molecule has 1 aromatic heterocycles. The lowest BCUT2D eigenvalue weighted by Gasteiger charge is -2.09. The van der Waals surface area contributed by atoms with Gasteiger partial charge in [-0.2, -0.15) is 0 Å². The minimum Gasteiger partial charge on any atom is -0.507 e. The van der Waals surface area contributed by atoms with E-state index in [0.717, 1.165) is 17.2 Å². The molecule has 0 aliphatic heterocycles. The highest BCUT2D eigenvalue weighted by molar-refractivity contribution is 6.39. The van der Waals surface area contributed by atoms with Gasteiger partial charge in [0, 0.05) is 24.4 Å². The first-order chi connectivity index (χ1) is 13.8. The average Bonchev–Trinajstić information content (AvgIpc) is 3.04. The van der Waals surface area contributed by atoms with Crippen molar-refractivity contribution < 1.29 is 24.5 Å². The Kier molecular flexibility index (Phi) is 5.73. The lowest BCUT2D eigenvalue weighted by atomic mass is 10.1. The summed E-state index contributed by atoms with van der Waals surface area (Å²) in [5.74, 6) is -2.44. The molecule has 0 saturated carbocycles. The number of aliphatic hydroxyl groups excluding tert-OH is 1. The number of hydrogen-bond acceptors (Lipinski definition) is 5. The number of carbonyl (C=O) groups is 2. The quantitative estimate of drug-likeness (QED) is 0.286. The number of rotatable bonds is 6. The number of aliphatic hydroxyl groups is 1. The van der Waals surface area contributed by atoms with E-state index in [1.165, 1.54) is 11.6 Å². The van der Waals surface area contributed by atoms with E-state index >= 15 is 0 Å². The summed E-state index contributed by atoms with van der Waals surface area (Å²) in [6.45, 7) is 6.23. The third-order valence-corrected chi connectivity index (χ3v) is 4.74. The fraction of sp³-hybridized carbons (Fsp3) is 0.217. The van der Waals surface area contributed by atoms with Gasteiger partial charge in [0.15, 0.2) is 0 Å². The lowest BCUT2D eigenvalue weighted by molar-refractivity contribution is -0.151. The molecule has 2 aromatic carbocycles. The first-order valence-electron chi connectivity index (χ1n) is 9.31. The predicted molar refractivity (Wildman–Crippen MR) is 111 cm³/mol. The Morgan fingerprint density at radius 3 is 2.62 bits per heavy atom. The van der Waals surface area contributed by atoms with E-state index in [2.05, 4.69) is 10.8 Å². The summed E-state index contributed by atoms with van der Waals surface area (Å²) in [5.41, 5.74) is 4.35. The van der Waals surface area contributed by atoms with Gasteiger partial charge in [0.25, 0.3) is 5.78 Å². The third-order valence-electron chi connectivity index (χ3n) is 4.74. The van der Waals surface area contributed by atoms with Crippen LogP contribution in [-0.2, 0) is 20.9 Å². The Morgan fingerprint density at radius 2 is 1.93 bits per heavy atom. The van der Waals surface area contributed by atoms with Gasteiger partial charge < -0.3 is 19.5 Å². The highest BCUT2D eigenvalue weighted by Gasteiger charge is 2.19. The number of carbonyl (C=O) groups excluding carboxylic acids is 2. The zero-order valence-corrected chi connectivity index (χ0v) is 16.6. The largest absolute Gasteiger partial charge is 0.507 e. The molecular formula is C23H23NO5. The van der Waals surface area contributed by atoms with Gasteiger partial charge in [-0.05, 0) is 44.0 Å². The number of phenolic OH excluding ortho intramolecular Hbond substituents is 1. The van der Waals surface area contributed by atoms with Gasteiger partial charge in [0.1, 0.15) is 11.5 Å². The van der Waals surface area contributed by atoms with Crippen LogP contribution in [0.1, 0.15) is 29.2 Å². The Morgan fingerprint density at radius 1 is 1.17 bits per heavy atom. The number of ether oxygens (including phenoxy) is 1. The van der Waals surface area contributed by atoms with Crippen molar-refractivity contribution in [2.24, 2.45) is 0 Å². The molecule has 0 aliphatic rings. The lowest BCUT2D eigenvalue weighted by Crippen LogP contribution is -2.15. The van der Waals surface area contributed by atoms with Crippen LogP contribution in [0.3, 0.4) is 0 Å². The van der Waals surface area contributed by atoms with Crippen molar-refractivity contribution in [1.82, 2.24) is 4.57 Å². The molecule has 0 spiro atoms. The maximum absolute atomic E-state index is 11.9. The minimum absolute atomic E-state index is 0.0274. The van der Waals surface area contributed by atoms with Crippen molar-refractivity contribution in [3.8, 4) is 5.75 Å². The SMILES string of the molecule is CCOC(=O)C(=O)C=C(O)c1cn(Cc2ccc(C)cc2C)c2cccc(O)c12. The molecule has 0 fully saturated rings. The molecule has 29 heavy (non-hydrogen) atoms. The van der Waals surface area contributed by atoms with E-state index in [4.69, 9.17) is 0 Å². The molecule has 0 unspecified atom stereocenters. The third kappa shape index (κ3) is 4.16. The number of aromatic hydroxyl groups is 1. The van der Waals surface area contributed by atoms with Crippen LogP contribution in [0.5, 0.6) is 5.75 Å². The monoisotopic (exact) mass is 393 g/mol. The molecule has 3 aromatic rings. The number of aromatic nitrogens is 1. The number of esters is 1. The van der Waals surface area contributed by atoms with Crippen LogP contribution < -0.4 is 0 Å². The average molecular weight is 393 g/mol. The van der Waals surface area contributed by atoms with Crippen molar-refractivity contribution >= 4 is 28.4 Å². The van der Waals surface area contributed by atoms with Crippen molar-refractivity contribution in [3.05, 3.63) is 70.9 Å². The van der Waals surface area contributed by atoms with Crippen LogP contribution >= 0.6 is 0 Å². The van der Waals surface area contributed by atoms with Gasteiger partial charge in [-0.25, -0.2) is 4.79 Å². The molecule has 0 saturated heterocycles. The zero-order valence-electron chi connectivity index (χ0n) is 16.6. The van der Waals surface area contributed by atoms with Crippen LogP contribution in [0.2, 0.25) is 0 Å². The van der Waals surface area contributed by atoms with Gasteiger partial charge in [-0.3, -0.25) is 4.79 Å². The van der Waals surface area contributed by atoms with Crippen LogP contribution in [0.15, 0.2) is 48.7 Å². The second-order valence-electron chi connectivity index (χ2n) is 6.89. The summed E-state index contributed by atoms with van der Waals surface area (Å²) in [5, 5.41) is 21.3. The standard InChI is InChI=1S/C23H23NO5/c1-4-29-23(28)21(27)11-20(26)17-13-24(18-6-5-7-19(25)22(17)18)12-16-9-8-14(2)10-15(16)3/h5-11,13,25-26H,4,12H2,1-3H3. The van der Waals surface area contributed by atoms with E-state index in [9.17, 15) is 19.8 Å². The van der Waals surface area contributed by atoms with Gasteiger partial charge in [0.05, 0.1) is 17.5 Å². The summed E-state index contributed by atoms with van der Waals surface area (Å²) < 4.78 is 6.55. The minimum atomic E-state index is -1.04. The number of aryl methyl sites for hydroxylation is 2. The van der Waals surface area contributed by atoms with E-state index in [1.54, 1.807) is 19.2 Å². The highest BCUT2D eigenvalue weighted by atomic mass is 16.5. The fourth-order valence-electron chi connectivity index (χ4n) is 3.33. The van der Waals surface area contributed by atoms with Gasteiger partial charge >= 0.3 is 5.97 Å². The van der Waals surface area contributed by atoms with Crippen molar-refractivity contribution in [3.63, 3.8) is 0 Å². The molecule has 0 atom stereocenters. The number of nitrogens with zero attached hydrogens (tertiary/aromatic N) is 1. The van der Waals surface area contributed by atoms with E-state index in [1.807, 2.05) is 36.6 Å². The number of ketones is 1. The first-order valence-corrected chi connectivity index (χ1v) is 9.31. The number of phenols is 1. The maximum Gasteiger partial charge on any atom is 0.379 e. The van der Waals surface area contributed by atoms with Gasteiger partial charge in [-0.15, -0.1) is 0 Å². The topological polar surface area (TPSA) is 88.8 Å². The summed E-state index contributed by atoms with van der Waals surface area (Å²) >= 11 is 0. The first kappa shape index (κ1) is 20.2. The number of hydrogen-bond donors (Lipinski definition) is 2. The Labute approximate surface area is 168 Å². The molecule has 2 N–H and O–H groups in total. The Balaban J connectivity index is 2.07. The Hall–Kier alpha value is -3.54. The number of fused-ring (bicyclic) bond motifs is 1. The summed E-state index contributed by atoms with van der Waals surface area (Å²) in [4.78, 5) is 23.5. The van der Waals surface area contributed by atoms with Crippen LogP contribution in [0, 0.1) is 13.8 Å². The van der Waals surface area contributed by atoms with E-state index in [0.29, 0.717) is 17.4 Å². The van der Waals surface area contributed by atoms with Crippen molar-refractivity contribution in [2.45, 2.75) is 27.3 Å². The molecule has 0 amide bonds. The molecule has 6 nitrogen and oxygen atoms in total. The van der Waals surface area contributed by atoms with Crippen molar-refractivity contribution in [1.29, 1.82) is 0 Å².